The summed E-state index contributed by atoms with van der Waals surface area (Å²) in [4.78, 5) is 9.70. The van der Waals surface area contributed by atoms with Gasteiger partial charge in [-0.1, -0.05) is 0 Å². The summed E-state index contributed by atoms with van der Waals surface area (Å²) >= 11 is 2.16. The third-order valence-corrected chi connectivity index (χ3v) is 2.16. The van der Waals surface area contributed by atoms with Gasteiger partial charge in [0.2, 0.25) is 5.95 Å². The molecule has 2 aromatic heterocycles. The summed E-state index contributed by atoms with van der Waals surface area (Å²) in [6, 6.07) is 0. The minimum absolute atomic E-state index is 0.607. The summed E-state index contributed by atoms with van der Waals surface area (Å²) in [6.07, 6.45) is 4.91. The van der Waals surface area contributed by atoms with Gasteiger partial charge in [-0.25, -0.2) is 9.97 Å². The van der Waals surface area contributed by atoms with Crippen molar-refractivity contribution >= 4 is 28.5 Å². The molecular weight excluding hydrogens is 309 g/mol. The number of nitrogens with zero attached hydrogens (tertiary/aromatic N) is 6. The van der Waals surface area contributed by atoms with Crippen molar-refractivity contribution in [1.82, 2.24) is 30.2 Å². The molecule has 0 aliphatic rings. The van der Waals surface area contributed by atoms with Crippen LogP contribution < -0.4 is 5.32 Å². The maximum Gasteiger partial charge on any atom is 0.222 e. The largest absolute Gasteiger partial charge is 0.352 e. The van der Waals surface area contributed by atoms with Crippen LogP contribution in [-0.4, -0.2) is 36.7 Å². The van der Waals surface area contributed by atoms with Crippen molar-refractivity contribution in [3.8, 4) is 0 Å². The molecule has 0 saturated carbocycles. The molecule has 0 spiro atoms. The van der Waals surface area contributed by atoms with Gasteiger partial charge in [0.15, 0.2) is 6.33 Å². The minimum Gasteiger partial charge on any atom is -0.352 e. The van der Waals surface area contributed by atoms with Crippen LogP contribution in [0.15, 0.2) is 18.7 Å². The maximum atomic E-state index is 4.10. The lowest BCUT2D eigenvalue weighted by molar-refractivity contribution is 0.538. The Morgan fingerprint density at radius 3 is 2.80 bits per heavy atom. The van der Waals surface area contributed by atoms with Crippen molar-refractivity contribution in [2.45, 2.75) is 6.54 Å². The van der Waals surface area contributed by atoms with Gasteiger partial charge >= 0.3 is 0 Å². The number of tetrazole rings is 1. The topological polar surface area (TPSA) is 81.4 Å². The van der Waals surface area contributed by atoms with Gasteiger partial charge < -0.3 is 5.32 Å². The van der Waals surface area contributed by atoms with Gasteiger partial charge in [0.25, 0.3) is 0 Å². The second kappa shape index (κ2) is 4.96. The molecule has 2 heterocycles. The predicted molar refractivity (Wildman–Crippen MR) is 61.1 cm³/mol. The zero-order chi connectivity index (χ0) is 10.5. The number of hydrogen-bond acceptors (Lipinski definition) is 6. The summed E-state index contributed by atoms with van der Waals surface area (Å²) in [5.41, 5.74) is 0. The van der Waals surface area contributed by atoms with Crippen LogP contribution in [0, 0.1) is 3.57 Å². The lowest BCUT2D eigenvalue weighted by Gasteiger charge is -2.02. The fraction of sp³-hybridized carbons (Fsp3) is 0.286. The van der Waals surface area contributed by atoms with Crippen molar-refractivity contribution in [3.63, 3.8) is 0 Å². The van der Waals surface area contributed by atoms with Gasteiger partial charge in [-0.15, -0.1) is 10.2 Å². The zero-order valence-electron chi connectivity index (χ0n) is 7.71. The van der Waals surface area contributed by atoms with Gasteiger partial charge in [0, 0.05) is 22.5 Å². The summed E-state index contributed by atoms with van der Waals surface area (Å²) in [5.74, 6) is 0.607. The van der Waals surface area contributed by atoms with Gasteiger partial charge in [-0.05, 0) is 27.8 Å². The van der Waals surface area contributed by atoms with Crippen molar-refractivity contribution in [2.24, 2.45) is 0 Å². The normalized spacial score (nSPS) is 10.2. The standard InChI is InChI=1S/C7H8IN7/c8-6-3-10-7(11-4-6)9-1-2-15-13-5-12-14-15/h3-5H,1-2H2,(H,9,10,11). The lowest BCUT2D eigenvalue weighted by Crippen LogP contribution is -2.14. The van der Waals surface area contributed by atoms with Crippen LogP contribution in [0.2, 0.25) is 0 Å². The summed E-state index contributed by atoms with van der Waals surface area (Å²) in [7, 11) is 0. The quantitative estimate of drug-likeness (QED) is 0.810. The Morgan fingerprint density at radius 1 is 1.33 bits per heavy atom. The maximum absolute atomic E-state index is 4.10. The number of hydrogen-bond donors (Lipinski definition) is 1. The SMILES string of the molecule is Ic1cnc(NCCn2ncnn2)nc1. The highest BCUT2D eigenvalue weighted by molar-refractivity contribution is 14.1. The van der Waals surface area contributed by atoms with E-state index in [-0.39, 0.29) is 0 Å². The first-order valence-electron chi connectivity index (χ1n) is 4.27. The molecule has 7 nitrogen and oxygen atoms in total. The summed E-state index contributed by atoms with van der Waals surface area (Å²) in [6.45, 7) is 1.30. The van der Waals surface area contributed by atoms with E-state index in [9.17, 15) is 0 Å². The molecule has 0 bridgehead atoms. The molecule has 0 aromatic carbocycles. The highest BCUT2D eigenvalue weighted by Gasteiger charge is 1.96. The molecule has 0 saturated heterocycles. The summed E-state index contributed by atoms with van der Waals surface area (Å²) < 4.78 is 1.01. The molecule has 0 aliphatic carbocycles. The highest BCUT2D eigenvalue weighted by Crippen LogP contribution is 2.02. The molecule has 0 unspecified atom stereocenters. The number of halogens is 1. The monoisotopic (exact) mass is 317 g/mol. The van der Waals surface area contributed by atoms with E-state index in [1.54, 1.807) is 12.4 Å². The highest BCUT2D eigenvalue weighted by atomic mass is 127. The smallest absolute Gasteiger partial charge is 0.222 e. The molecule has 15 heavy (non-hydrogen) atoms. The van der Waals surface area contributed by atoms with Crippen LogP contribution >= 0.6 is 22.6 Å². The molecule has 2 aromatic rings. The van der Waals surface area contributed by atoms with Crippen LogP contribution in [0.5, 0.6) is 0 Å². The first kappa shape index (κ1) is 10.2. The Kier molecular flexibility index (Phi) is 3.37. The Hall–Kier alpha value is -1.32. The zero-order valence-corrected chi connectivity index (χ0v) is 9.87. The Morgan fingerprint density at radius 2 is 2.13 bits per heavy atom. The van der Waals surface area contributed by atoms with Crippen LogP contribution in [0.25, 0.3) is 0 Å². The third-order valence-electron chi connectivity index (χ3n) is 1.61. The van der Waals surface area contributed by atoms with E-state index in [0.29, 0.717) is 19.0 Å². The van der Waals surface area contributed by atoms with E-state index in [0.717, 1.165) is 3.57 Å². The Bertz CT molecular complexity index is 398. The average molecular weight is 317 g/mol. The number of nitrogens with one attached hydrogen (secondary N) is 1. The van der Waals surface area contributed by atoms with E-state index >= 15 is 0 Å². The van der Waals surface area contributed by atoms with Crippen LogP contribution in [0.4, 0.5) is 5.95 Å². The van der Waals surface area contributed by atoms with E-state index in [1.165, 1.54) is 11.1 Å². The number of anilines is 1. The Balaban J connectivity index is 1.81. The molecule has 8 heteroatoms. The second-order valence-electron chi connectivity index (χ2n) is 2.68. The third kappa shape index (κ3) is 3.08. The van der Waals surface area contributed by atoms with Gasteiger partial charge in [0.1, 0.15) is 0 Å². The van der Waals surface area contributed by atoms with Crippen molar-refractivity contribution in [2.75, 3.05) is 11.9 Å². The van der Waals surface area contributed by atoms with E-state index in [2.05, 4.69) is 53.3 Å². The number of rotatable bonds is 4. The number of aromatic nitrogens is 6. The average Bonchev–Trinajstić information content (AvgIpc) is 2.74. The van der Waals surface area contributed by atoms with Crippen LogP contribution in [0.1, 0.15) is 0 Å². The molecule has 0 atom stereocenters. The molecule has 0 amide bonds. The second-order valence-corrected chi connectivity index (χ2v) is 3.93. The molecule has 0 radical (unpaired) electrons. The molecular formula is C7H8IN7. The molecule has 0 aliphatic heterocycles. The van der Waals surface area contributed by atoms with Crippen LogP contribution in [-0.2, 0) is 6.54 Å². The van der Waals surface area contributed by atoms with Crippen molar-refractivity contribution in [3.05, 3.63) is 22.3 Å². The van der Waals surface area contributed by atoms with Crippen molar-refractivity contribution < 1.29 is 0 Å². The van der Waals surface area contributed by atoms with E-state index < -0.39 is 0 Å². The predicted octanol–water partition coefficient (Wildman–Crippen LogP) is 0.180. The van der Waals surface area contributed by atoms with E-state index in [1.807, 2.05) is 0 Å². The van der Waals surface area contributed by atoms with Crippen LogP contribution in [0.3, 0.4) is 0 Å². The fourth-order valence-electron chi connectivity index (χ4n) is 0.962. The fourth-order valence-corrected chi connectivity index (χ4v) is 1.24. The molecule has 0 fully saturated rings. The molecule has 78 valence electrons. The Labute approximate surface area is 99.5 Å². The molecule has 2 rings (SSSR count). The minimum atomic E-state index is 0.607. The lowest BCUT2D eigenvalue weighted by atomic mass is 10.6. The van der Waals surface area contributed by atoms with E-state index in [4.69, 9.17) is 0 Å². The first-order chi connectivity index (χ1) is 7.34. The van der Waals surface area contributed by atoms with Gasteiger partial charge in [-0.2, -0.15) is 4.80 Å². The van der Waals surface area contributed by atoms with Gasteiger partial charge in [0.05, 0.1) is 6.54 Å². The van der Waals surface area contributed by atoms with Gasteiger partial charge in [-0.3, -0.25) is 0 Å². The molecule has 1 N–H and O–H groups in total. The first-order valence-corrected chi connectivity index (χ1v) is 5.34. The summed E-state index contributed by atoms with van der Waals surface area (Å²) in [5, 5.41) is 14.3. The van der Waals surface area contributed by atoms with Crippen molar-refractivity contribution in [1.29, 1.82) is 0 Å².